The molecule has 1 aromatic heterocycles. The smallest absolute Gasteiger partial charge is 0.171 e. The largest absolute Gasteiger partial charge is 0.362 e. The fourth-order valence-electron chi connectivity index (χ4n) is 2.03. The van der Waals surface area contributed by atoms with Crippen LogP contribution in [0.4, 0.5) is 11.5 Å². The van der Waals surface area contributed by atoms with Crippen LogP contribution in [0.15, 0.2) is 42.6 Å². The van der Waals surface area contributed by atoms with E-state index in [-0.39, 0.29) is 0 Å². The monoisotopic (exact) mass is 300 g/mol. The van der Waals surface area contributed by atoms with Gasteiger partial charge >= 0.3 is 0 Å². The van der Waals surface area contributed by atoms with Crippen molar-refractivity contribution in [3.05, 3.63) is 53.7 Å². The van der Waals surface area contributed by atoms with E-state index < -0.39 is 0 Å². The first-order valence-electron chi connectivity index (χ1n) is 6.79. The Morgan fingerprint density at radius 3 is 2.67 bits per heavy atom. The number of nitrogens with one attached hydrogen (secondary N) is 2. The summed E-state index contributed by atoms with van der Waals surface area (Å²) < 4.78 is 0. The first kappa shape index (κ1) is 15.3. The zero-order chi connectivity index (χ0) is 15.2. The zero-order valence-corrected chi connectivity index (χ0v) is 13.4. The van der Waals surface area contributed by atoms with E-state index in [9.17, 15) is 0 Å². The number of aryl methyl sites for hydroxylation is 1. The Bertz CT molecular complexity index is 625. The standard InChI is InChI=1S/C16H20N4S/c1-12-7-4-5-9-14(12)19-16(21)18-11-13-8-6-10-17-15(13)20(2)3/h4-10H,11H2,1-3H3,(H2,18,19,21). The molecule has 0 spiro atoms. The van der Waals surface area contributed by atoms with Gasteiger partial charge in [-0.2, -0.15) is 0 Å². The third-order valence-electron chi connectivity index (χ3n) is 3.12. The van der Waals surface area contributed by atoms with Gasteiger partial charge in [-0.25, -0.2) is 4.98 Å². The summed E-state index contributed by atoms with van der Waals surface area (Å²) in [4.78, 5) is 6.37. The van der Waals surface area contributed by atoms with E-state index >= 15 is 0 Å². The fraction of sp³-hybridized carbons (Fsp3) is 0.250. The summed E-state index contributed by atoms with van der Waals surface area (Å²) in [5, 5.41) is 7.05. The zero-order valence-electron chi connectivity index (χ0n) is 12.6. The Hall–Kier alpha value is -2.14. The number of benzene rings is 1. The summed E-state index contributed by atoms with van der Waals surface area (Å²) in [7, 11) is 3.96. The van der Waals surface area contributed by atoms with Crippen LogP contribution in [0.3, 0.4) is 0 Å². The molecule has 0 aliphatic rings. The molecule has 0 aliphatic carbocycles. The van der Waals surface area contributed by atoms with Crippen LogP contribution in [0.5, 0.6) is 0 Å². The highest BCUT2D eigenvalue weighted by molar-refractivity contribution is 7.80. The molecule has 1 aromatic carbocycles. The molecule has 0 atom stereocenters. The maximum Gasteiger partial charge on any atom is 0.171 e. The molecule has 2 aromatic rings. The van der Waals surface area contributed by atoms with Crippen molar-refractivity contribution in [1.82, 2.24) is 10.3 Å². The lowest BCUT2D eigenvalue weighted by atomic mass is 10.2. The van der Waals surface area contributed by atoms with Gasteiger partial charge in [0.1, 0.15) is 5.82 Å². The molecule has 0 saturated carbocycles. The predicted octanol–water partition coefficient (Wildman–Crippen LogP) is 2.94. The molecule has 110 valence electrons. The summed E-state index contributed by atoms with van der Waals surface area (Å²) >= 11 is 5.35. The van der Waals surface area contributed by atoms with Crippen molar-refractivity contribution in [2.75, 3.05) is 24.3 Å². The summed E-state index contributed by atoms with van der Waals surface area (Å²) in [6.45, 7) is 2.69. The summed E-state index contributed by atoms with van der Waals surface area (Å²) in [6.07, 6.45) is 1.79. The summed E-state index contributed by atoms with van der Waals surface area (Å²) in [6, 6.07) is 12.0. The molecule has 4 nitrogen and oxygen atoms in total. The second-order valence-corrected chi connectivity index (χ2v) is 5.41. The van der Waals surface area contributed by atoms with Gasteiger partial charge in [0.05, 0.1) is 0 Å². The maximum atomic E-state index is 5.35. The average Bonchev–Trinajstić information content (AvgIpc) is 2.48. The number of thiocarbonyl (C=S) groups is 1. The van der Waals surface area contributed by atoms with Gasteiger partial charge in [-0.3, -0.25) is 0 Å². The molecule has 21 heavy (non-hydrogen) atoms. The van der Waals surface area contributed by atoms with Gasteiger partial charge in [0.15, 0.2) is 5.11 Å². The number of hydrogen-bond donors (Lipinski definition) is 2. The molecule has 0 bridgehead atoms. The normalized spacial score (nSPS) is 10.0. The Morgan fingerprint density at radius 1 is 1.19 bits per heavy atom. The Kier molecular flexibility index (Phi) is 5.11. The number of anilines is 2. The highest BCUT2D eigenvalue weighted by atomic mass is 32.1. The second kappa shape index (κ2) is 7.04. The van der Waals surface area contributed by atoms with Gasteiger partial charge < -0.3 is 15.5 Å². The Morgan fingerprint density at radius 2 is 1.95 bits per heavy atom. The highest BCUT2D eigenvalue weighted by Gasteiger charge is 2.06. The molecular weight excluding hydrogens is 280 g/mol. The minimum absolute atomic E-state index is 0.609. The minimum atomic E-state index is 0.609. The van der Waals surface area contributed by atoms with Gasteiger partial charge in [0.2, 0.25) is 0 Å². The molecule has 0 unspecified atom stereocenters. The van der Waals surface area contributed by atoms with Crippen molar-refractivity contribution in [3.8, 4) is 0 Å². The van der Waals surface area contributed by atoms with Crippen molar-refractivity contribution in [2.24, 2.45) is 0 Å². The number of nitrogens with zero attached hydrogens (tertiary/aromatic N) is 2. The van der Waals surface area contributed by atoms with Gasteiger partial charge in [0, 0.05) is 38.1 Å². The van der Waals surface area contributed by atoms with E-state index in [0.29, 0.717) is 11.7 Å². The van der Waals surface area contributed by atoms with Crippen LogP contribution >= 0.6 is 12.2 Å². The van der Waals surface area contributed by atoms with Crippen molar-refractivity contribution < 1.29 is 0 Å². The minimum Gasteiger partial charge on any atom is -0.362 e. The number of rotatable bonds is 4. The van der Waals surface area contributed by atoms with Crippen LogP contribution < -0.4 is 15.5 Å². The first-order valence-corrected chi connectivity index (χ1v) is 7.20. The van der Waals surface area contributed by atoms with E-state index in [1.165, 1.54) is 0 Å². The Balaban J connectivity index is 1.97. The molecule has 0 radical (unpaired) electrons. The van der Waals surface area contributed by atoms with E-state index in [2.05, 4.69) is 28.6 Å². The SMILES string of the molecule is Cc1ccccc1NC(=S)NCc1cccnc1N(C)C. The van der Waals surface area contributed by atoms with E-state index in [1.807, 2.05) is 49.3 Å². The quantitative estimate of drug-likeness (QED) is 0.850. The topological polar surface area (TPSA) is 40.2 Å². The average molecular weight is 300 g/mol. The van der Waals surface area contributed by atoms with E-state index in [0.717, 1.165) is 22.6 Å². The molecule has 0 amide bonds. The molecule has 5 heteroatoms. The molecule has 0 aliphatic heterocycles. The Labute approximate surface area is 131 Å². The number of para-hydroxylation sites is 1. The lowest BCUT2D eigenvalue weighted by Crippen LogP contribution is -2.29. The third-order valence-corrected chi connectivity index (χ3v) is 3.37. The second-order valence-electron chi connectivity index (χ2n) is 5.00. The molecule has 0 fully saturated rings. The lowest BCUT2D eigenvalue weighted by molar-refractivity contribution is 0.900. The number of hydrogen-bond acceptors (Lipinski definition) is 3. The van der Waals surface area contributed by atoms with E-state index in [1.54, 1.807) is 6.20 Å². The first-order chi connectivity index (χ1) is 10.1. The summed E-state index contributed by atoms with van der Waals surface area (Å²) in [5.74, 6) is 0.948. The van der Waals surface area contributed by atoms with Crippen molar-refractivity contribution in [3.63, 3.8) is 0 Å². The van der Waals surface area contributed by atoms with Crippen molar-refractivity contribution >= 4 is 28.8 Å². The van der Waals surface area contributed by atoms with Crippen LogP contribution in [-0.4, -0.2) is 24.2 Å². The summed E-state index contributed by atoms with van der Waals surface area (Å²) in [5.41, 5.74) is 3.29. The van der Waals surface area contributed by atoms with Gasteiger partial charge in [0.25, 0.3) is 0 Å². The predicted molar refractivity (Wildman–Crippen MR) is 92.8 cm³/mol. The number of aromatic nitrogens is 1. The van der Waals surface area contributed by atoms with Gasteiger partial charge in [-0.1, -0.05) is 24.3 Å². The van der Waals surface area contributed by atoms with Crippen molar-refractivity contribution in [1.29, 1.82) is 0 Å². The molecule has 1 heterocycles. The number of pyridine rings is 1. The van der Waals surface area contributed by atoms with Crippen molar-refractivity contribution in [2.45, 2.75) is 13.5 Å². The van der Waals surface area contributed by atoms with Gasteiger partial charge in [-0.05, 0) is 36.8 Å². The van der Waals surface area contributed by atoms with Gasteiger partial charge in [-0.15, -0.1) is 0 Å². The third kappa shape index (κ3) is 4.16. The van der Waals surface area contributed by atoms with Crippen LogP contribution in [0.25, 0.3) is 0 Å². The molecule has 2 N–H and O–H groups in total. The molecular formula is C16H20N4S. The lowest BCUT2D eigenvalue weighted by Gasteiger charge is -2.17. The molecule has 0 saturated heterocycles. The van der Waals surface area contributed by atoms with Crippen LogP contribution in [0.1, 0.15) is 11.1 Å². The molecule has 2 rings (SSSR count). The van der Waals surface area contributed by atoms with E-state index in [4.69, 9.17) is 12.2 Å². The van der Waals surface area contributed by atoms with Crippen LogP contribution in [0.2, 0.25) is 0 Å². The fourth-order valence-corrected chi connectivity index (χ4v) is 2.21. The maximum absolute atomic E-state index is 5.35. The van der Waals surface area contributed by atoms with Crippen LogP contribution in [0, 0.1) is 6.92 Å². The highest BCUT2D eigenvalue weighted by Crippen LogP contribution is 2.15. The van der Waals surface area contributed by atoms with Crippen LogP contribution in [-0.2, 0) is 6.54 Å².